The normalized spacial score (nSPS) is 14.4. The number of hydrogen-bond acceptors (Lipinski definition) is 6. The number of rotatable bonds is 62. The van der Waals surface area contributed by atoms with Crippen LogP contribution in [0.15, 0.2) is 122 Å². The first-order chi connectivity index (χ1) is 40.5. The number of phosphoric ester groups is 1. The summed E-state index contributed by atoms with van der Waals surface area (Å²) in [6, 6.07) is -0.811. The molecule has 0 aliphatic carbocycles. The van der Waals surface area contributed by atoms with E-state index in [0.717, 1.165) is 109 Å². The summed E-state index contributed by atoms with van der Waals surface area (Å²) >= 11 is 0. The molecular weight excluding hydrogens is 1040 g/mol. The first-order valence-electron chi connectivity index (χ1n) is 34.4. The van der Waals surface area contributed by atoms with E-state index < -0.39 is 20.0 Å². The van der Waals surface area contributed by atoms with E-state index >= 15 is 0 Å². The van der Waals surface area contributed by atoms with E-state index in [1.54, 1.807) is 0 Å². The lowest BCUT2D eigenvalue weighted by atomic mass is 10.0. The van der Waals surface area contributed by atoms with Gasteiger partial charge in [-0.1, -0.05) is 315 Å². The third-order valence-electron chi connectivity index (χ3n) is 15.0. The number of likely N-dealkylation sites (N-methyl/N-ethyl adjacent to an activating group) is 1. The van der Waals surface area contributed by atoms with Crippen LogP contribution in [0.25, 0.3) is 0 Å². The van der Waals surface area contributed by atoms with Gasteiger partial charge in [0.05, 0.1) is 39.9 Å². The van der Waals surface area contributed by atoms with Crippen molar-refractivity contribution in [3.8, 4) is 0 Å². The maximum absolute atomic E-state index is 13.0. The zero-order valence-corrected chi connectivity index (χ0v) is 55.5. The fourth-order valence-corrected chi connectivity index (χ4v) is 10.4. The van der Waals surface area contributed by atoms with Crippen LogP contribution in [0.1, 0.15) is 290 Å². The summed E-state index contributed by atoms with van der Waals surface area (Å²) in [5, 5.41) is 14.1. The average molecular weight is 1180 g/mol. The maximum Gasteiger partial charge on any atom is 0.268 e. The summed E-state index contributed by atoms with van der Waals surface area (Å²) < 4.78 is 23.5. The Morgan fingerprint density at radius 1 is 0.434 bits per heavy atom. The van der Waals surface area contributed by atoms with Gasteiger partial charge in [0.25, 0.3) is 7.82 Å². The molecule has 0 fully saturated rings. The number of unbranched alkanes of at least 4 members (excludes halogenated alkanes) is 29. The summed E-state index contributed by atoms with van der Waals surface area (Å²) in [6.07, 6.45) is 94.0. The fraction of sp³-hybridized carbons (Fsp3) is 0.716. The minimum Gasteiger partial charge on any atom is -0.756 e. The lowest BCUT2D eigenvalue weighted by Crippen LogP contribution is -2.46. The Balaban J connectivity index is 4.08. The highest BCUT2D eigenvalue weighted by Gasteiger charge is 2.24. The molecule has 3 atom stereocenters. The van der Waals surface area contributed by atoms with Crippen molar-refractivity contribution in [1.82, 2.24) is 5.32 Å². The van der Waals surface area contributed by atoms with Crippen LogP contribution < -0.4 is 10.2 Å². The second kappa shape index (κ2) is 63.4. The Labute approximate surface area is 514 Å². The molecule has 0 bridgehead atoms. The van der Waals surface area contributed by atoms with Crippen molar-refractivity contribution in [2.24, 2.45) is 0 Å². The van der Waals surface area contributed by atoms with Gasteiger partial charge in [-0.15, -0.1) is 0 Å². The van der Waals surface area contributed by atoms with Crippen LogP contribution >= 0.6 is 7.82 Å². The van der Waals surface area contributed by atoms with Gasteiger partial charge in [0, 0.05) is 6.42 Å². The molecule has 9 heteroatoms. The van der Waals surface area contributed by atoms with Gasteiger partial charge >= 0.3 is 0 Å². The van der Waals surface area contributed by atoms with E-state index in [4.69, 9.17) is 9.05 Å². The average Bonchev–Trinajstić information content (AvgIpc) is 3.49. The van der Waals surface area contributed by atoms with E-state index in [9.17, 15) is 19.4 Å². The molecule has 0 aliphatic heterocycles. The Kier molecular flexibility index (Phi) is 61.0. The Morgan fingerprint density at radius 2 is 0.735 bits per heavy atom. The van der Waals surface area contributed by atoms with Crippen LogP contribution in [-0.4, -0.2) is 68.5 Å². The lowest BCUT2D eigenvalue weighted by molar-refractivity contribution is -0.870. The monoisotopic (exact) mass is 1170 g/mol. The van der Waals surface area contributed by atoms with Crippen molar-refractivity contribution < 1.29 is 32.9 Å². The van der Waals surface area contributed by atoms with Crippen LogP contribution in [-0.2, 0) is 18.4 Å². The van der Waals surface area contributed by atoms with Crippen LogP contribution in [0, 0.1) is 0 Å². The number of aliphatic hydroxyl groups excluding tert-OH is 1. The Morgan fingerprint density at radius 3 is 1.07 bits per heavy atom. The van der Waals surface area contributed by atoms with Crippen molar-refractivity contribution in [1.29, 1.82) is 0 Å². The molecule has 0 saturated carbocycles. The van der Waals surface area contributed by atoms with Crippen LogP contribution in [0.4, 0.5) is 0 Å². The molecule has 3 unspecified atom stereocenters. The Bertz CT molecular complexity index is 1770. The first kappa shape index (κ1) is 79.9. The van der Waals surface area contributed by atoms with Crippen LogP contribution in [0.3, 0.4) is 0 Å². The van der Waals surface area contributed by atoms with Gasteiger partial charge in [-0.2, -0.15) is 0 Å². The minimum atomic E-state index is -4.59. The smallest absolute Gasteiger partial charge is 0.268 e. The largest absolute Gasteiger partial charge is 0.756 e. The van der Waals surface area contributed by atoms with Crippen molar-refractivity contribution >= 4 is 13.7 Å². The number of aliphatic hydroxyl groups is 1. The predicted octanol–water partition coefficient (Wildman–Crippen LogP) is 21.4. The summed E-state index contributed by atoms with van der Waals surface area (Å²) in [6.45, 7) is 4.62. The van der Waals surface area contributed by atoms with Crippen molar-refractivity contribution in [2.45, 2.75) is 302 Å². The molecule has 0 heterocycles. The van der Waals surface area contributed by atoms with Crippen molar-refractivity contribution in [3.63, 3.8) is 0 Å². The molecule has 0 radical (unpaired) electrons. The van der Waals surface area contributed by atoms with Gasteiger partial charge in [0.1, 0.15) is 13.2 Å². The zero-order chi connectivity index (χ0) is 60.5. The number of allylic oxidation sites excluding steroid dienone is 20. The molecule has 0 rings (SSSR count). The van der Waals surface area contributed by atoms with Gasteiger partial charge < -0.3 is 28.8 Å². The number of quaternary nitrogens is 1. The van der Waals surface area contributed by atoms with E-state index in [1.807, 2.05) is 21.1 Å². The summed E-state index contributed by atoms with van der Waals surface area (Å²) in [5.41, 5.74) is 0. The second-order valence-corrected chi connectivity index (χ2v) is 25.6. The zero-order valence-electron chi connectivity index (χ0n) is 54.6. The molecule has 1 amide bonds. The fourth-order valence-electron chi connectivity index (χ4n) is 9.66. The third kappa shape index (κ3) is 66.3. The summed E-state index contributed by atoms with van der Waals surface area (Å²) in [7, 11) is 1.30. The molecule has 478 valence electrons. The highest BCUT2D eigenvalue weighted by atomic mass is 31.2. The molecule has 0 aromatic rings. The second-order valence-electron chi connectivity index (χ2n) is 24.2. The van der Waals surface area contributed by atoms with Gasteiger partial charge in [-0.3, -0.25) is 9.36 Å². The van der Waals surface area contributed by atoms with E-state index in [2.05, 4.69) is 141 Å². The van der Waals surface area contributed by atoms with Gasteiger partial charge in [-0.25, -0.2) is 0 Å². The van der Waals surface area contributed by atoms with Crippen molar-refractivity contribution in [3.05, 3.63) is 122 Å². The first-order valence-corrected chi connectivity index (χ1v) is 35.8. The molecule has 2 N–H and O–H groups in total. The molecule has 0 spiro atoms. The number of carbonyl (C=O) groups is 1. The molecule has 0 aromatic carbocycles. The summed E-state index contributed by atoms with van der Waals surface area (Å²) in [4.78, 5) is 25.6. The minimum absolute atomic E-state index is 0.00695. The number of nitrogens with zero attached hydrogens (tertiary/aromatic N) is 1. The van der Waals surface area contributed by atoms with E-state index in [0.29, 0.717) is 23.9 Å². The predicted molar refractivity (Wildman–Crippen MR) is 362 cm³/mol. The molecule has 0 aliphatic rings. The molecule has 0 aromatic heterocycles. The number of carbonyl (C=O) groups excluding carboxylic acids is 1. The van der Waals surface area contributed by atoms with E-state index in [1.165, 1.54) is 154 Å². The molecular formula is C74H131N2O6P. The lowest BCUT2D eigenvalue weighted by Gasteiger charge is -2.30. The number of hydrogen-bond donors (Lipinski definition) is 2. The highest BCUT2D eigenvalue weighted by molar-refractivity contribution is 7.45. The standard InChI is InChI=1S/C74H131N2O6P/c1-6-8-10-12-14-16-18-20-22-24-26-28-29-30-31-32-33-34-35-36-37-38-39-40-41-42-43-44-45-46-47-48-50-52-54-56-58-60-62-64-66-68-74(78)75-72(71-82-83(79,80)81-70-69-76(3,4)5)73(77)67-65-63-61-59-57-55-53-51-49-27-25-23-21-19-17-15-13-11-9-7-2/h8,10,14,16,20,22,26,28,30-31,33-34,36-37,39-40,42-43,45-46,72-73,77H,6-7,9,11-13,15,17-19,21,23-25,27,29,32,35,38,41,44,47-71H2,1-5H3,(H-,75,78,79,80)/b10-8-,16-14-,22-20-,28-26-,31-30-,34-33-,37-36-,40-39-,43-42-,46-45-. The maximum atomic E-state index is 13.0. The molecule has 0 saturated heterocycles. The SMILES string of the molecule is CC/C=C\C/C=C\C/C=C\C/C=C\C/C=C\C/C=C\C/C=C\C/C=C\C/C=C\C/C=C\CCCCCCCCCCCCC(=O)NC(COP(=O)([O-])OCC[N+](C)(C)C)C(O)CCCCCCCCCCCCCCCCCCCCCC. The van der Waals surface area contributed by atoms with Crippen molar-refractivity contribution in [2.75, 3.05) is 40.9 Å². The van der Waals surface area contributed by atoms with E-state index in [-0.39, 0.29) is 19.1 Å². The third-order valence-corrected chi connectivity index (χ3v) is 15.9. The highest BCUT2D eigenvalue weighted by Crippen LogP contribution is 2.38. The van der Waals surface area contributed by atoms with Crippen LogP contribution in [0.5, 0.6) is 0 Å². The topological polar surface area (TPSA) is 108 Å². The quantitative estimate of drug-likeness (QED) is 0.0272. The summed E-state index contributed by atoms with van der Waals surface area (Å²) in [5.74, 6) is -0.171. The number of amides is 1. The molecule has 83 heavy (non-hydrogen) atoms. The van der Waals surface area contributed by atoms with Gasteiger partial charge in [0.2, 0.25) is 5.91 Å². The number of nitrogens with one attached hydrogen (secondary N) is 1. The Hall–Kier alpha value is -3.10. The van der Waals surface area contributed by atoms with Crippen LogP contribution in [0.2, 0.25) is 0 Å². The molecule has 8 nitrogen and oxygen atoms in total. The van der Waals surface area contributed by atoms with Gasteiger partial charge in [-0.05, 0) is 89.9 Å². The number of phosphoric acid groups is 1. The van der Waals surface area contributed by atoms with Gasteiger partial charge in [0.15, 0.2) is 0 Å².